The number of nitrogens with zero attached hydrogens (tertiary/aromatic N) is 1. The second-order valence-electron chi connectivity index (χ2n) is 3.07. The van der Waals surface area contributed by atoms with Gasteiger partial charge in [0, 0.05) is 11.1 Å². The van der Waals surface area contributed by atoms with Crippen LogP contribution in [-0.2, 0) is 6.54 Å². The van der Waals surface area contributed by atoms with Crippen LogP contribution in [0.1, 0.15) is 4.88 Å². The van der Waals surface area contributed by atoms with Crippen molar-refractivity contribution in [3.8, 4) is 0 Å². The molecule has 0 aliphatic heterocycles. The Balaban J connectivity index is 2.15. The van der Waals surface area contributed by atoms with E-state index in [-0.39, 0.29) is 10.0 Å². The van der Waals surface area contributed by atoms with Crippen molar-refractivity contribution in [2.24, 2.45) is 0 Å². The molecule has 0 aliphatic rings. The highest BCUT2D eigenvalue weighted by Gasteiger charge is 2.08. The molecule has 84 valence electrons. The van der Waals surface area contributed by atoms with Crippen molar-refractivity contribution >= 4 is 40.2 Å². The summed E-state index contributed by atoms with van der Waals surface area (Å²) in [6.07, 6.45) is 1.75. The van der Waals surface area contributed by atoms with Gasteiger partial charge in [-0.25, -0.2) is 4.39 Å². The van der Waals surface area contributed by atoms with Crippen molar-refractivity contribution in [3.05, 3.63) is 44.6 Å². The molecule has 0 saturated heterocycles. The largest absolute Gasteiger partial charge is 0.378 e. The lowest BCUT2D eigenvalue weighted by Crippen LogP contribution is -1.99. The molecule has 2 nitrogen and oxygen atoms in total. The fourth-order valence-corrected chi connectivity index (χ4v) is 2.34. The first kappa shape index (κ1) is 11.6. The van der Waals surface area contributed by atoms with Gasteiger partial charge in [0.2, 0.25) is 0 Å². The van der Waals surface area contributed by atoms with Gasteiger partial charge < -0.3 is 5.32 Å². The normalized spacial score (nSPS) is 10.4. The summed E-state index contributed by atoms with van der Waals surface area (Å²) in [5.41, 5.74) is 2.28. The van der Waals surface area contributed by atoms with E-state index in [0.29, 0.717) is 12.2 Å². The maximum Gasteiger partial charge on any atom is 0.126 e. The minimum absolute atomic E-state index is 0.273. The Morgan fingerprint density at radius 1 is 1.31 bits per heavy atom. The Morgan fingerprint density at radius 3 is 2.56 bits per heavy atom. The van der Waals surface area contributed by atoms with E-state index in [9.17, 15) is 4.39 Å². The highest BCUT2D eigenvalue weighted by Crippen LogP contribution is 2.31. The molecule has 0 amide bonds. The smallest absolute Gasteiger partial charge is 0.126 e. The standard InChI is InChI=1S/C10H7Cl2FN2S/c11-8-1-6(13)2-9(12)10(8)15-4-7-3-14-5-16-7/h1-3,5,15H,4H2. The molecule has 0 unspecified atom stereocenters. The number of rotatable bonds is 3. The van der Waals surface area contributed by atoms with Gasteiger partial charge in [-0.05, 0) is 12.1 Å². The van der Waals surface area contributed by atoms with Crippen LogP contribution in [0.25, 0.3) is 0 Å². The van der Waals surface area contributed by atoms with Crippen molar-refractivity contribution in [1.82, 2.24) is 4.98 Å². The molecule has 2 rings (SSSR count). The van der Waals surface area contributed by atoms with Crippen LogP contribution >= 0.6 is 34.5 Å². The molecule has 2 aromatic rings. The number of thiazole rings is 1. The zero-order valence-electron chi connectivity index (χ0n) is 8.01. The lowest BCUT2D eigenvalue weighted by atomic mass is 10.3. The second kappa shape index (κ2) is 4.99. The third-order valence-electron chi connectivity index (χ3n) is 1.93. The van der Waals surface area contributed by atoms with E-state index in [0.717, 1.165) is 4.88 Å². The van der Waals surface area contributed by atoms with Gasteiger partial charge in [-0.1, -0.05) is 23.2 Å². The summed E-state index contributed by atoms with van der Waals surface area (Å²) in [5, 5.41) is 3.60. The molecule has 1 aromatic carbocycles. The molecule has 6 heteroatoms. The van der Waals surface area contributed by atoms with Crippen molar-refractivity contribution in [2.45, 2.75) is 6.54 Å². The summed E-state index contributed by atoms with van der Waals surface area (Å²) in [4.78, 5) is 5.00. The zero-order chi connectivity index (χ0) is 11.5. The first-order valence-electron chi connectivity index (χ1n) is 4.42. The van der Waals surface area contributed by atoms with Crippen LogP contribution in [0, 0.1) is 5.82 Å². The van der Waals surface area contributed by atoms with Gasteiger partial charge in [-0.15, -0.1) is 11.3 Å². The molecule has 0 atom stereocenters. The summed E-state index contributed by atoms with van der Waals surface area (Å²) in [6, 6.07) is 2.45. The maximum atomic E-state index is 12.9. The Kier molecular flexibility index (Phi) is 3.63. The highest BCUT2D eigenvalue weighted by molar-refractivity contribution is 7.09. The molecule has 1 N–H and O–H groups in total. The molecule has 0 saturated carbocycles. The van der Waals surface area contributed by atoms with Crippen LogP contribution < -0.4 is 5.32 Å². The van der Waals surface area contributed by atoms with Crippen LogP contribution in [0.15, 0.2) is 23.8 Å². The molecule has 0 aliphatic carbocycles. The molecule has 0 bridgehead atoms. The van der Waals surface area contributed by atoms with Gasteiger partial charge in [-0.2, -0.15) is 0 Å². The first-order chi connectivity index (χ1) is 7.66. The number of aromatic nitrogens is 1. The minimum atomic E-state index is -0.446. The van der Waals surface area contributed by atoms with Crippen molar-refractivity contribution in [2.75, 3.05) is 5.32 Å². The molecular weight excluding hydrogens is 270 g/mol. The molecule has 0 spiro atoms. The topological polar surface area (TPSA) is 24.9 Å². The second-order valence-corrected chi connectivity index (χ2v) is 4.85. The number of hydrogen-bond acceptors (Lipinski definition) is 3. The van der Waals surface area contributed by atoms with E-state index in [1.807, 2.05) is 0 Å². The molecule has 1 aromatic heterocycles. The van der Waals surface area contributed by atoms with Crippen molar-refractivity contribution in [1.29, 1.82) is 0 Å². The molecule has 0 fully saturated rings. The molecule has 1 heterocycles. The minimum Gasteiger partial charge on any atom is -0.378 e. The van der Waals surface area contributed by atoms with E-state index < -0.39 is 5.82 Å². The summed E-state index contributed by atoms with van der Waals surface area (Å²) < 4.78 is 12.9. The van der Waals surface area contributed by atoms with E-state index in [1.54, 1.807) is 11.7 Å². The fourth-order valence-electron chi connectivity index (χ4n) is 1.22. The highest BCUT2D eigenvalue weighted by atomic mass is 35.5. The molecular formula is C10H7Cl2FN2S. The SMILES string of the molecule is Fc1cc(Cl)c(NCc2cncs2)c(Cl)c1. The third kappa shape index (κ3) is 2.64. The Morgan fingerprint density at radius 2 is 2.00 bits per heavy atom. The average molecular weight is 277 g/mol. The van der Waals surface area contributed by atoms with Gasteiger partial charge >= 0.3 is 0 Å². The zero-order valence-corrected chi connectivity index (χ0v) is 10.3. The lowest BCUT2D eigenvalue weighted by molar-refractivity contribution is 0.628. The van der Waals surface area contributed by atoms with Crippen LogP contribution in [0.2, 0.25) is 10.0 Å². The van der Waals surface area contributed by atoms with Crippen molar-refractivity contribution in [3.63, 3.8) is 0 Å². The van der Waals surface area contributed by atoms with Gasteiger partial charge in [0.15, 0.2) is 0 Å². The summed E-state index contributed by atoms with van der Waals surface area (Å²) in [6.45, 7) is 0.565. The van der Waals surface area contributed by atoms with Gasteiger partial charge in [-0.3, -0.25) is 4.98 Å². The van der Waals surface area contributed by atoms with E-state index in [2.05, 4.69) is 10.3 Å². The predicted octanol–water partition coefficient (Wildman–Crippen LogP) is 4.20. The fraction of sp³-hybridized carbons (Fsp3) is 0.100. The average Bonchev–Trinajstić information content (AvgIpc) is 2.68. The monoisotopic (exact) mass is 276 g/mol. The van der Waals surface area contributed by atoms with Gasteiger partial charge in [0.05, 0.1) is 27.8 Å². The maximum absolute atomic E-state index is 12.9. The number of nitrogens with one attached hydrogen (secondary N) is 1. The lowest BCUT2D eigenvalue weighted by Gasteiger charge is -2.09. The van der Waals surface area contributed by atoms with Crippen molar-refractivity contribution < 1.29 is 4.39 Å². The van der Waals surface area contributed by atoms with Gasteiger partial charge in [0.25, 0.3) is 0 Å². The van der Waals surface area contributed by atoms with E-state index >= 15 is 0 Å². The number of anilines is 1. The van der Waals surface area contributed by atoms with Crippen LogP contribution in [0.5, 0.6) is 0 Å². The third-order valence-corrected chi connectivity index (χ3v) is 3.31. The first-order valence-corrected chi connectivity index (χ1v) is 6.06. The summed E-state index contributed by atoms with van der Waals surface area (Å²) in [7, 11) is 0. The van der Waals surface area contributed by atoms with E-state index in [4.69, 9.17) is 23.2 Å². The summed E-state index contributed by atoms with van der Waals surface area (Å²) in [5.74, 6) is -0.446. The number of benzene rings is 1. The van der Waals surface area contributed by atoms with Gasteiger partial charge in [0.1, 0.15) is 5.82 Å². The van der Waals surface area contributed by atoms with Crippen LogP contribution in [-0.4, -0.2) is 4.98 Å². The molecule has 16 heavy (non-hydrogen) atoms. The number of halogens is 3. The number of hydrogen-bond donors (Lipinski definition) is 1. The van der Waals surface area contributed by atoms with Crippen LogP contribution in [0.3, 0.4) is 0 Å². The Labute approximate surface area is 106 Å². The molecule has 0 radical (unpaired) electrons. The predicted molar refractivity (Wildman–Crippen MR) is 65.9 cm³/mol. The summed E-state index contributed by atoms with van der Waals surface area (Å²) >= 11 is 13.3. The Hall–Kier alpha value is -0.840. The van der Waals surface area contributed by atoms with E-state index in [1.165, 1.54) is 23.5 Å². The Bertz CT molecular complexity index is 465. The van der Waals surface area contributed by atoms with Crippen LogP contribution in [0.4, 0.5) is 10.1 Å². The quantitative estimate of drug-likeness (QED) is 0.909.